The highest BCUT2D eigenvalue weighted by molar-refractivity contribution is 6.40. The molecule has 0 heterocycles. The second-order valence-electron chi connectivity index (χ2n) is 8.84. The molecule has 0 bridgehead atoms. The molecule has 160 valence electrons. The number of nitrogens with one attached hydrogen (secondary N) is 1. The Balaban J connectivity index is 1.83. The molecule has 0 spiro atoms. The summed E-state index contributed by atoms with van der Waals surface area (Å²) >= 11 is 0. The summed E-state index contributed by atoms with van der Waals surface area (Å²) in [7, 11) is 0. The van der Waals surface area contributed by atoms with Gasteiger partial charge in [-0.25, -0.2) is 0 Å². The minimum absolute atomic E-state index is 0.0882. The van der Waals surface area contributed by atoms with Crippen LogP contribution >= 0.6 is 0 Å². The van der Waals surface area contributed by atoms with Gasteiger partial charge in [-0.3, -0.25) is 14.4 Å². The maximum Gasteiger partial charge on any atom is 0.223 e. The van der Waals surface area contributed by atoms with Crippen LogP contribution in [0.3, 0.4) is 0 Å². The molecule has 1 fully saturated rings. The van der Waals surface area contributed by atoms with E-state index in [0.717, 1.165) is 37.7 Å². The van der Waals surface area contributed by atoms with E-state index in [1.54, 1.807) is 26.0 Å². The minimum atomic E-state index is -0.663. The van der Waals surface area contributed by atoms with Crippen molar-refractivity contribution in [3.8, 4) is 5.75 Å². The Hall–Kier alpha value is -2.17. The largest absolute Gasteiger partial charge is 0.508 e. The standard InChI is InChI=1S/C24H35NO4/c1-4-24(2,3)22(28)21(27)19-10-5-6-11-20(19)23(29)25-16-8-7-9-17-12-14-18(26)15-13-17/h12-15,19-20,26H,4-11,16H2,1-3H3,(H,25,29)/t19?,20-/m1/s1. The number of carbonyl (C=O) groups excluding carboxylic acids is 3. The Morgan fingerprint density at radius 2 is 1.66 bits per heavy atom. The molecule has 1 saturated carbocycles. The van der Waals surface area contributed by atoms with Crippen molar-refractivity contribution in [1.82, 2.24) is 5.32 Å². The molecule has 1 aliphatic rings. The van der Waals surface area contributed by atoms with Gasteiger partial charge in [-0.2, -0.15) is 0 Å². The van der Waals surface area contributed by atoms with E-state index < -0.39 is 11.3 Å². The zero-order valence-corrected chi connectivity index (χ0v) is 18.0. The van der Waals surface area contributed by atoms with Gasteiger partial charge in [0.1, 0.15) is 5.75 Å². The third-order valence-corrected chi connectivity index (χ3v) is 6.29. The summed E-state index contributed by atoms with van der Waals surface area (Å²) in [6, 6.07) is 7.17. The molecule has 1 aromatic carbocycles. The summed E-state index contributed by atoms with van der Waals surface area (Å²) in [6.45, 7) is 6.09. The highest BCUT2D eigenvalue weighted by atomic mass is 16.3. The second kappa shape index (κ2) is 10.6. The number of hydrogen-bond donors (Lipinski definition) is 2. The molecule has 0 saturated heterocycles. The van der Waals surface area contributed by atoms with E-state index in [9.17, 15) is 19.5 Å². The van der Waals surface area contributed by atoms with Crippen molar-refractivity contribution < 1.29 is 19.5 Å². The first-order valence-electron chi connectivity index (χ1n) is 10.9. The molecule has 29 heavy (non-hydrogen) atoms. The van der Waals surface area contributed by atoms with E-state index in [1.807, 2.05) is 19.1 Å². The van der Waals surface area contributed by atoms with Crippen molar-refractivity contribution >= 4 is 17.5 Å². The van der Waals surface area contributed by atoms with Crippen molar-refractivity contribution in [2.75, 3.05) is 6.54 Å². The van der Waals surface area contributed by atoms with Crippen LogP contribution in [0.4, 0.5) is 0 Å². The molecule has 1 aliphatic carbocycles. The number of rotatable bonds is 10. The minimum Gasteiger partial charge on any atom is -0.508 e. The Morgan fingerprint density at radius 3 is 2.28 bits per heavy atom. The topological polar surface area (TPSA) is 83.5 Å². The molecule has 0 radical (unpaired) electrons. The molecule has 0 aliphatic heterocycles. The molecule has 2 rings (SSSR count). The fraction of sp³-hybridized carbons (Fsp3) is 0.625. The number of ketones is 2. The smallest absolute Gasteiger partial charge is 0.223 e. The van der Waals surface area contributed by atoms with Crippen LogP contribution in [-0.2, 0) is 20.8 Å². The summed E-state index contributed by atoms with van der Waals surface area (Å²) in [5.74, 6) is -1.38. The van der Waals surface area contributed by atoms with E-state index in [1.165, 1.54) is 0 Å². The highest BCUT2D eigenvalue weighted by Gasteiger charge is 2.41. The van der Waals surface area contributed by atoms with Crippen molar-refractivity contribution in [1.29, 1.82) is 0 Å². The Labute approximate surface area is 174 Å². The van der Waals surface area contributed by atoms with Crippen LogP contribution in [0, 0.1) is 17.3 Å². The molecule has 1 unspecified atom stereocenters. The number of aromatic hydroxyl groups is 1. The van der Waals surface area contributed by atoms with Gasteiger partial charge >= 0.3 is 0 Å². The van der Waals surface area contributed by atoms with E-state index in [0.29, 0.717) is 25.8 Å². The van der Waals surface area contributed by atoms with E-state index in [-0.39, 0.29) is 29.1 Å². The number of amides is 1. The van der Waals surface area contributed by atoms with E-state index in [4.69, 9.17) is 0 Å². The quantitative estimate of drug-likeness (QED) is 0.454. The molecule has 5 heteroatoms. The van der Waals surface area contributed by atoms with Crippen molar-refractivity contribution in [3.63, 3.8) is 0 Å². The van der Waals surface area contributed by atoms with Gasteiger partial charge in [0, 0.05) is 23.8 Å². The lowest BCUT2D eigenvalue weighted by Gasteiger charge is -2.31. The van der Waals surface area contributed by atoms with Crippen LogP contribution in [0.15, 0.2) is 24.3 Å². The lowest BCUT2D eigenvalue weighted by atomic mass is 9.71. The Morgan fingerprint density at radius 1 is 1.03 bits per heavy atom. The van der Waals surface area contributed by atoms with Crippen molar-refractivity contribution in [2.24, 2.45) is 17.3 Å². The van der Waals surface area contributed by atoms with E-state index >= 15 is 0 Å². The number of carbonyl (C=O) groups is 3. The van der Waals surface area contributed by atoms with Crippen LogP contribution in [-0.4, -0.2) is 29.1 Å². The number of phenolic OH excluding ortho intramolecular Hbond substituents is 1. The molecular weight excluding hydrogens is 366 g/mol. The molecule has 0 aromatic heterocycles. The monoisotopic (exact) mass is 401 g/mol. The third-order valence-electron chi connectivity index (χ3n) is 6.29. The molecule has 2 atom stereocenters. The first-order valence-corrected chi connectivity index (χ1v) is 10.9. The second-order valence-corrected chi connectivity index (χ2v) is 8.84. The zero-order chi connectivity index (χ0) is 21.4. The van der Waals surface area contributed by atoms with Gasteiger partial charge in [0.05, 0.1) is 0 Å². The highest BCUT2D eigenvalue weighted by Crippen LogP contribution is 2.34. The summed E-state index contributed by atoms with van der Waals surface area (Å²) in [5, 5.41) is 12.3. The molecule has 1 amide bonds. The van der Waals surface area contributed by atoms with Gasteiger partial charge in [0.2, 0.25) is 17.5 Å². The first kappa shape index (κ1) is 23.1. The predicted molar refractivity (Wildman–Crippen MR) is 114 cm³/mol. The van der Waals surface area contributed by atoms with Crippen LogP contribution in [0.5, 0.6) is 5.75 Å². The molecule has 2 N–H and O–H groups in total. The lowest BCUT2D eigenvalue weighted by molar-refractivity contribution is -0.147. The Bertz CT molecular complexity index is 708. The number of hydrogen-bond acceptors (Lipinski definition) is 4. The van der Waals surface area contributed by atoms with Gasteiger partial charge in [0.15, 0.2) is 0 Å². The van der Waals surface area contributed by atoms with Crippen LogP contribution in [0.1, 0.15) is 71.3 Å². The number of unbranched alkanes of at least 4 members (excludes halogenated alkanes) is 1. The van der Waals surface area contributed by atoms with Crippen LogP contribution in [0.25, 0.3) is 0 Å². The number of benzene rings is 1. The molecule has 1 aromatic rings. The zero-order valence-electron chi connectivity index (χ0n) is 18.0. The maximum atomic E-state index is 12.8. The molecule has 5 nitrogen and oxygen atoms in total. The van der Waals surface area contributed by atoms with Gasteiger partial charge in [0.25, 0.3) is 0 Å². The number of aryl methyl sites for hydroxylation is 1. The average molecular weight is 402 g/mol. The third kappa shape index (κ3) is 6.41. The van der Waals surface area contributed by atoms with Crippen molar-refractivity contribution in [2.45, 2.75) is 72.1 Å². The number of phenols is 1. The van der Waals surface area contributed by atoms with Crippen molar-refractivity contribution in [3.05, 3.63) is 29.8 Å². The van der Waals surface area contributed by atoms with Crippen LogP contribution in [0.2, 0.25) is 0 Å². The van der Waals surface area contributed by atoms with Gasteiger partial charge in [-0.1, -0.05) is 45.7 Å². The maximum absolute atomic E-state index is 12.8. The van der Waals surface area contributed by atoms with E-state index in [2.05, 4.69) is 5.32 Å². The summed E-state index contributed by atoms with van der Waals surface area (Å²) in [4.78, 5) is 38.2. The lowest BCUT2D eigenvalue weighted by Crippen LogP contribution is -2.44. The summed E-state index contributed by atoms with van der Waals surface area (Å²) < 4.78 is 0. The summed E-state index contributed by atoms with van der Waals surface area (Å²) in [6.07, 6.45) is 6.41. The summed E-state index contributed by atoms with van der Waals surface area (Å²) in [5.41, 5.74) is 0.494. The fourth-order valence-electron chi connectivity index (χ4n) is 3.88. The van der Waals surface area contributed by atoms with Gasteiger partial charge in [-0.15, -0.1) is 0 Å². The predicted octanol–water partition coefficient (Wildman–Crippen LogP) is 4.21. The number of Topliss-reactive ketones (excluding diaryl/α,β-unsaturated/α-hetero) is 2. The Kier molecular flexibility index (Phi) is 8.42. The average Bonchev–Trinajstić information content (AvgIpc) is 2.73. The first-order chi connectivity index (χ1) is 13.8. The fourth-order valence-corrected chi connectivity index (χ4v) is 3.88. The normalized spacial score (nSPS) is 19.6. The van der Waals surface area contributed by atoms with Crippen LogP contribution < -0.4 is 5.32 Å². The van der Waals surface area contributed by atoms with Gasteiger partial charge < -0.3 is 10.4 Å². The van der Waals surface area contributed by atoms with Gasteiger partial charge in [-0.05, 0) is 56.2 Å². The molecular formula is C24H35NO4. The SMILES string of the molecule is CCC(C)(C)C(=O)C(=O)C1CCCC[C@H]1C(=O)NCCCCc1ccc(O)cc1.